The minimum atomic E-state index is -0.422. The van der Waals surface area contributed by atoms with Crippen molar-refractivity contribution < 1.29 is 18.8 Å². The molecule has 4 rings (SSSR count). The van der Waals surface area contributed by atoms with Crippen LogP contribution in [0.1, 0.15) is 34.7 Å². The number of benzene rings is 2. The number of aromatic nitrogens is 2. The lowest BCUT2D eigenvalue weighted by molar-refractivity contribution is -0.121. The van der Waals surface area contributed by atoms with Crippen LogP contribution in [-0.4, -0.2) is 47.1 Å². The Morgan fingerprint density at radius 1 is 1.27 bits per heavy atom. The molecule has 33 heavy (non-hydrogen) atoms. The average molecular weight is 513 g/mol. The molecule has 1 aliphatic rings. The minimum Gasteiger partial charge on any atom is -0.465 e. The third kappa shape index (κ3) is 5.48. The molecule has 8 nitrogen and oxygen atoms in total. The van der Waals surface area contributed by atoms with E-state index in [0.29, 0.717) is 41.6 Å². The Kier molecular flexibility index (Phi) is 7.20. The summed E-state index contributed by atoms with van der Waals surface area (Å²) >= 11 is 3.45. The Hall–Kier alpha value is -3.04. The van der Waals surface area contributed by atoms with E-state index in [1.807, 2.05) is 24.3 Å². The number of piperidine rings is 1. The Morgan fingerprint density at radius 2 is 2.09 bits per heavy atom. The average Bonchev–Trinajstić information content (AvgIpc) is 3.28. The number of hydrogen-bond donors (Lipinski definition) is 1. The second-order valence-electron chi connectivity index (χ2n) is 8.06. The van der Waals surface area contributed by atoms with Crippen molar-refractivity contribution in [1.29, 1.82) is 0 Å². The van der Waals surface area contributed by atoms with Crippen LogP contribution in [0.25, 0.3) is 11.4 Å². The first kappa shape index (κ1) is 23.1. The summed E-state index contributed by atoms with van der Waals surface area (Å²) in [5, 5.41) is 7.08. The number of nitrogens with zero attached hydrogens (tertiary/aromatic N) is 3. The molecule has 1 fully saturated rings. The summed E-state index contributed by atoms with van der Waals surface area (Å²) in [4.78, 5) is 31.6. The van der Waals surface area contributed by atoms with Gasteiger partial charge in [0.1, 0.15) is 0 Å². The lowest BCUT2D eigenvalue weighted by atomic mass is 9.96. The van der Waals surface area contributed by atoms with Crippen LogP contribution in [0.3, 0.4) is 0 Å². The second kappa shape index (κ2) is 10.3. The number of esters is 1. The van der Waals surface area contributed by atoms with Gasteiger partial charge in [0, 0.05) is 22.3 Å². The van der Waals surface area contributed by atoms with Crippen molar-refractivity contribution in [3.63, 3.8) is 0 Å². The fraction of sp³-hybridized carbons (Fsp3) is 0.333. The van der Waals surface area contributed by atoms with E-state index in [9.17, 15) is 9.59 Å². The van der Waals surface area contributed by atoms with Crippen molar-refractivity contribution in [3.8, 4) is 11.4 Å². The Morgan fingerprint density at radius 3 is 2.88 bits per heavy atom. The first-order valence-corrected chi connectivity index (χ1v) is 11.5. The first-order chi connectivity index (χ1) is 15.9. The third-order valence-corrected chi connectivity index (χ3v) is 6.28. The zero-order chi connectivity index (χ0) is 23.4. The number of carbonyl (C=O) groups is 2. The number of methoxy groups -OCH3 is 1. The summed E-state index contributed by atoms with van der Waals surface area (Å²) in [6.07, 6.45) is 1.69. The zero-order valence-electron chi connectivity index (χ0n) is 18.5. The van der Waals surface area contributed by atoms with Gasteiger partial charge in [-0.25, -0.2) is 4.79 Å². The van der Waals surface area contributed by atoms with Crippen molar-refractivity contribution in [2.75, 3.05) is 25.5 Å². The number of ether oxygens (including phenoxy) is 1. The van der Waals surface area contributed by atoms with Crippen molar-refractivity contribution in [1.82, 2.24) is 15.0 Å². The van der Waals surface area contributed by atoms with E-state index in [2.05, 4.69) is 36.3 Å². The molecule has 1 amide bonds. The van der Waals surface area contributed by atoms with Gasteiger partial charge in [0.25, 0.3) is 0 Å². The number of nitrogens with one attached hydrogen (secondary N) is 1. The van der Waals surface area contributed by atoms with E-state index in [1.54, 1.807) is 25.1 Å². The van der Waals surface area contributed by atoms with Crippen LogP contribution >= 0.6 is 15.9 Å². The van der Waals surface area contributed by atoms with Crippen molar-refractivity contribution in [2.45, 2.75) is 26.3 Å². The smallest absolute Gasteiger partial charge is 0.338 e. The van der Waals surface area contributed by atoms with Crippen LogP contribution in [0, 0.1) is 12.8 Å². The van der Waals surface area contributed by atoms with Gasteiger partial charge in [-0.1, -0.05) is 39.3 Å². The molecule has 9 heteroatoms. The van der Waals surface area contributed by atoms with Crippen LogP contribution < -0.4 is 5.32 Å². The highest BCUT2D eigenvalue weighted by Gasteiger charge is 2.27. The molecule has 2 heterocycles. The van der Waals surface area contributed by atoms with Gasteiger partial charge in [-0.15, -0.1) is 0 Å². The number of carbonyl (C=O) groups excluding carboxylic acids is 2. The molecule has 3 aromatic rings. The van der Waals surface area contributed by atoms with Crippen LogP contribution in [0.2, 0.25) is 0 Å². The summed E-state index contributed by atoms with van der Waals surface area (Å²) < 4.78 is 11.2. The summed E-state index contributed by atoms with van der Waals surface area (Å²) in [6, 6.07) is 12.9. The first-order valence-electron chi connectivity index (χ1n) is 10.7. The van der Waals surface area contributed by atoms with E-state index >= 15 is 0 Å². The fourth-order valence-corrected chi connectivity index (χ4v) is 4.40. The van der Waals surface area contributed by atoms with Crippen molar-refractivity contribution in [2.24, 2.45) is 5.92 Å². The maximum absolute atomic E-state index is 13.0. The number of hydrogen-bond acceptors (Lipinski definition) is 7. The molecular weight excluding hydrogens is 488 g/mol. The maximum Gasteiger partial charge on any atom is 0.338 e. The predicted molar refractivity (Wildman–Crippen MR) is 127 cm³/mol. The van der Waals surface area contributed by atoms with Gasteiger partial charge >= 0.3 is 5.97 Å². The van der Waals surface area contributed by atoms with Gasteiger partial charge in [0.05, 0.1) is 25.1 Å². The van der Waals surface area contributed by atoms with E-state index in [-0.39, 0.29) is 11.8 Å². The molecule has 0 aliphatic carbocycles. The highest BCUT2D eigenvalue weighted by molar-refractivity contribution is 9.10. The summed E-state index contributed by atoms with van der Waals surface area (Å²) in [5.41, 5.74) is 2.63. The quantitative estimate of drug-likeness (QED) is 0.487. The molecule has 1 aliphatic heterocycles. The van der Waals surface area contributed by atoms with Crippen LogP contribution in [-0.2, 0) is 16.1 Å². The standard InChI is InChI=1S/C24H25BrN4O4/c1-15-19(24(31)32-2)9-4-10-20(15)26-23(30)17-7-5-11-29(13-17)14-21-27-22(28-33-21)16-6-3-8-18(25)12-16/h3-4,6,8-10,12,17H,5,7,11,13-14H2,1-2H3,(H,26,30). The van der Waals surface area contributed by atoms with Gasteiger partial charge in [-0.3, -0.25) is 9.69 Å². The largest absolute Gasteiger partial charge is 0.465 e. The van der Waals surface area contributed by atoms with Gasteiger partial charge in [0.15, 0.2) is 0 Å². The van der Waals surface area contributed by atoms with Crippen LogP contribution in [0.4, 0.5) is 5.69 Å². The molecule has 0 spiro atoms. The number of halogens is 1. The summed E-state index contributed by atoms with van der Waals surface area (Å²) in [5.74, 6) is 0.401. The lowest BCUT2D eigenvalue weighted by Crippen LogP contribution is -2.40. The lowest BCUT2D eigenvalue weighted by Gasteiger charge is -2.31. The van der Waals surface area contributed by atoms with E-state index in [1.165, 1.54) is 7.11 Å². The molecule has 1 unspecified atom stereocenters. The van der Waals surface area contributed by atoms with Crippen LogP contribution in [0.15, 0.2) is 51.5 Å². The molecule has 1 saturated heterocycles. The SMILES string of the molecule is COC(=O)c1cccc(NC(=O)C2CCCN(Cc3nc(-c4cccc(Br)c4)no3)C2)c1C. The number of rotatable bonds is 6. The molecule has 1 N–H and O–H groups in total. The Labute approximate surface area is 200 Å². The third-order valence-electron chi connectivity index (χ3n) is 5.78. The molecule has 172 valence electrons. The second-order valence-corrected chi connectivity index (χ2v) is 8.97. The fourth-order valence-electron chi connectivity index (χ4n) is 4.01. The van der Waals surface area contributed by atoms with Gasteiger partial charge < -0.3 is 14.6 Å². The minimum absolute atomic E-state index is 0.0647. The zero-order valence-corrected chi connectivity index (χ0v) is 20.1. The monoisotopic (exact) mass is 512 g/mol. The predicted octanol–water partition coefficient (Wildman–Crippen LogP) is 4.44. The molecule has 1 aromatic heterocycles. The van der Waals surface area contributed by atoms with Crippen molar-refractivity contribution >= 4 is 33.5 Å². The Bertz CT molecular complexity index is 1160. The molecule has 0 radical (unpaired) electrons. The van der Waals surface area contributed by atoms with Gasteiger partial charge in [0.2, 0.25) is 17.6 Å². The summed E-state index contributed by atoms with van der Waals surface area (Å²) in [6.45, 7) is 3.74. The Balaban J connectivity index is 1.39. The normalized spacial score (nSPS) is 16.4. The topological polar surface area (TPSA) is 97.6 Å². The van der Waals surface area contributed by atoms with Gasteiger partial charge in [-0.05, 0) is 56.1 Å². The molecule has 0 saturated carbocycles. The molecular formula is C24H25BrN4O4. The molecule has 2 aromatic carbocycles. The van der Waals surface area contributed by atoms with E-state index < -0.39 is 5.97 Å². The number of likely N-dealkylation sites (tertiary alicyclic amines) is 1. The summed E-state index contributed by atoms with van der Waals surface area (Å²) in [7, 11) is 1.34. The van der Waals surface area contributed by atoms with Gasteiger partial charge in [-0.2, -0.15) is 4.98 Å². The van der Waals surface area contributed by atoms with Crippen molar-refractivity contribution in [3.05, 3.63) is 64.0 Å². The number of anilines is 1. The number of amides is 1. The maximum atomic E-state index is 13.0. The van der Waals surface area contributed by atoms with Crippen LogP contribution in [0.5, 0.6) is 0 Å². The molecule has 1 atom stereocenters. The highest BCUT2D eigenvalue weighted by Crippen LogP contribution is 2.25. The highest BCUT2D eigenvalue weighted by atomic mass is 79.9. The van der Waals surface area contributed by atoms with E-state index in [0.717, 1.165) is 29.4 Å². The van der Waals surface area contributed by atoms with E-state index in [4.69, 9.17) is 9.26 Å². The molecule has 0 bridgehead atoms.